The highest BCUT2D eigenvalue weighted by molar-refractivity contribution is 7.85. The lowest BCUT2D eigenvalue weighted by molar-refractivity contribution is 0.00669. The van der Waals surface area contributed by atoms with Gasteiger partial charge in [0.25, 0.3) is 10.1 Å². The highest BCUT2D eigenvalue weighted by atomic mass is 32.2. The van der Waals surface area contributed by atoms with Crippen molar-refractivity contribution in [2.24, 2.45) is 0 Å². The van der Waals surface area contributed by atoms with Gasteiger partial charge in [0.2, 0.25) is 0 Å². The Balaban J connectivity index is 2.93. The number of carbonyl (C=O) groups is 1. The Bertz CT molecular complexity index is 555. The standard InChI is InChI=1S/C13H18O5S/c1-13(2,3)18-12(14)11-8-6-5-7-10(11)9-17-19(4,15)16/h5-8H,9H2,1-4H3. The number of benzene rings is 1. The first-order chi connectivity index (χ1) is 8.58. The SMILES string of the molecule is CC(C)(C)OC(=O)c1ccccc1COS(C)(=O)=O. The highest BCUT2D eigenvalue weighted by Crippen LogP contribution is 2.16. The predicted molar refractivity (Wildman–Crippen MR) is 71.2 cm³/mol. The number of hydrogen-bond donors (Lipinski definition) is 0. The van der Waals surface area contributed by atoms with Gasteiger partial charge in [-0.25, -0.2) is 4.79 Å². The fourth-order valence-electron chi connectivity index (χ4n) is 1.35. The molecule has 106 valence electrons. The van der Waals surface area contributed by atoms with Gasteiger partial charge in [0.1, 0.15) is 5.60 Å². The van der Waals surface area contributed by atoms with Crippen LogP contribution in [0.4, 0.5) is 0 Å². The molecule has 0 saturated carbocycles. The third-order valence-corrected chi connectivity index (χ3v) is 2.61. The van der Waals surface area contributed by atoms with E-state index in [0.29, 0.717) is 11.1 Å². The van der Waals surface area contributed by atoms with Crippen LogP contribution in [0.25, 0.3) is 0 Å². The molecule has 0 aliphatic carbocycles. The summed E-state index contributed by atoms with van der Waals surface area (Å²) in [6.45, 7) is 5.11. The molecule has 19 heavy (non-hydrogen) atoms. The van der Waals surface area contributed by atoms with Crippen molar-refractivity contribution in [3.05, 3.63) is 35.4 Å². The first-order valence-electron chi connectivity index (χ1n) is 5.74. The minimum Gasteiger partial charge on any atom is -0.456 e. The quantitative estimate of drug-likeness (QED) is 0.626. The van der Waals surface area contributed by atoms with Crippen molar-refractivity contribution < 1.29 is 22.1 Å². The Hall–Kier alpha value is -1.40. The van der Waals surface area contributed by atoms with Crippen molar-refractivity contribution in [3.8, 4) is 0 Å². The molecule has 0 unspecified atom stereocenters. The first-order valence-corrected chi connectivity index (χ1v) is 7.56. The summed E-state index contributed by atoms with van der Waals surface area (Å²) in [7, 11) is -3.55. The van der Waals surface area contributed by atoms with Crippen LogP contribution >= 0.6 is 0 Å². The molecule has 0 fully saturated rings. The van der Waals surface area contributed by atoms with Crippen LogP contribution in [0.15, 0.2) is 24.3 Å². The third-order valence-electron chi connectivity index (χ3n) is 2.06. The van der Waals surface area contributed by atoms with E-state index < -0.39 is 21.7 Å². The normalized spacial score (nSPS) is 12.2. The average molecular weight is 286 g/mol. The van der Waals surface area contributed by atoms with Gasteiger partial charge in [-0.05, 0) is 32.4 Å². The summed E-state index contributed by atoms with van der Waals surface area (Å²) in [5, 5.41) is 0. The molecule has 6 heteroatoms. The zero-order valence-electron chi connectivity index (χ0n) is 11.5. The summed E-state index contributed by atoms with van der Waals surface area (Å²) in [5.41, 5.74) is 0.172. The lowest BCUT2D eigenvalue weighted by Crippen LogP contribution is -2.24. The molecule has 0 heterocycles. The number of hydrogen-bond acceptors (Lipinski definition) is 5. The van der Waals surface area contributed by atoms with Crippen LogP contribution in [0.3, 0.4) is 0 Å². The maximum atomic E-state index is 12.0. The van der Waals surface area contributed by atoms with Gasteiger partial charge in [0.15, 0.2) is 0 Å². The smallest absolute Gasteiger partial charge is 0.339 e. The van der Waals surface area contributed by atoms with E-state index in [1.807, 2.05) is 0 Å². The molecular formula is C13H18O5S. The van der Waals surface area contributed by atoms with Crippen LogP contribution < -0.4 is 0 Å². The fourth-order valence-corrected chi connectivity index (χ4v) is 1.69. The molecule has 0 aliphatic heterocycles. The van der Waals surface area contributed by atoms with Gasteiger partial charge in [-0.1, -0.05) is 18.2 Å². The molecule has 0 radical (unpaired) electrons. The van der Waals surface area contributed by atoms with E-state index in [-0.39, 0.29) is 6.61 Å². The minimum absolute atomic E-state index is 0.186. The van der Waals surface area contributed by atoms with E-state index in [9.17, 15) is 13.2 Å². The molecule has 1 aromatic rings. The Morgan fingerprint density at radius 3 is 2.32 bits per heavy atom. The van der Waals surface area contributed by atoms with Crippen molar-refractivity contribution >= 4 is 16.1 Å². The predicted octanol–water partition coefficient (Wildman–Crippen LogP) is 2.12. The maximum Gasteiger partial charge on any atom is 0.339 e. The van der Waals surface area contributed by atoms with Crippen molar-refractivity contribution in [3.63, 3.8) is 0 Å². The Labute approximate surface area is 113 Å². The number of esters is 1. The molecule has 0 atom stereocenters. The topological polar surface area (TPSA) is 69.7 Å². The largest absolute Gasteiger partial charge is 0.456 e. The van der Waals surface area contributed by atoms with Gasteiger partial charge in [-0.3, -0.25) is 4.18 Å². The Morgan fingerprint density at radius 1 is 1.21 bits per heavy atom. The molecule has 5 nitrogen and oxygen atoms in total. The van der Waals surface area contributed by atoms with Crippen LogP contribution in [0, 0.1) is 0 Å². The highest BCUT2D eigenvalue weighted by Gasteiger charge is 2.20. The number of rotatable bonds is 4. The Kier molecular flexibility index (Phi) is 4.70. The van der Waals surface area contributed by atoms with Crippen LogP contribution in [-0.2, 0) is 25.6 Å². The second-order valence-corrected chi connectivity index (χ2v) is 6.77. The third kappa shape index (κ3) is 5.85. The fraction of sp³-hybridized carbons (Fsp3) is 0.462. The maximum absolute atomic E-state index is 12.0. The van der Waals surface area contributed by atoms with E-state index >= 15 is 0 Å². The summed E-state index contributed by atoms with van der Waals surface area (Å²) in [4.78, 5) is 12.0. The lowest BCUT2D eigenvalue weighted by Gasteiger charge is -2.20. The van der Waals surface area contributed by atoms with Crippen molar-refractivity contribution in [2.75, 3.05) is 6.26 Å². The van der Waals surface area contributed by atoms with Crippen LogP contribution in [-0.4, -0.2) is 26.2 Å². The molecule has 0 bridgehead atoms. The van der Waals surface area contributed by atoms with Crippen molar-refractivity contribution in [2.45, 2.75) is 33.0 Å². The molecular weight excluding hydrogens is 268 g/mol. The van der Waals surface area contributed by atoms with E-state index in [1.165, 1.54) is 0 Å². The summed E-state index contributed by atoms with van der Waals surface area (Å²) in [6.07, 6.45) is 0.961. The molecule has 0 amide bonds. The van der Waals surface area contributed by atoms with Crippen LogP contribution in [0.2, 0.25) is 0 Å². The van der Waals surface area contributed by atoms with Gasteiger partial charge in [-0.15, -0.1) is 0 Å². The van der Waals surface area contributed by atoms with Crippen LogP contribution in [0.1, 0.15) is 36.7 Å². The summed E-state index contributed by atoms with van der Waals surface area (Å²) in [6, 6.07) is 6.59. The zero-order chi connectivity index (χ0) is 14.7. The summed E-state index contributed by atoms with van der Waals surface area (Å²) < 4.78 is 31.9. The van der Waals surface area contributed by atoms with Crippen molar-refractivity contribution in [1.29, 1.82) is 0 Å². The molecule has 0 spiro atoms. The molecule has 1 rings (SSSR count). The summed E-state index contributed by atoms with van der Waals surface area (Å²) in [5.74, 6) is -0.500. The number of ether oxygens (including phenoxy) is 1. The van der Waals surface area contributed by atoms with E-state index in [2.05, 4.69) is 0 Å². The van der Waals surface area contributed by atoms with Gasteiger partial charge >= 0.3 is 5.97 Å². The average Bonchev–Trinajstić information content (AvgIpc) is 2.23. The molecule has 0 saturated heterocycles. The molecule has 0 aliphatic rings. The Morgan fingerprint density at radius 2 is 1.79 bits per heavy atom. The number of carbonyl (C=O) groups excluding carboxylic acids is 1. The second-order valence-electron chi connectivity index (χ2n) is 5.13. The minimum atomic E-state index is -3.55. The van der Waals surface area contributed by atoms with Crippen LogP contribution in [0.5, 0.6) is 0 Å². The monoisotopic (exact) mass is 286 g/mol. The van der Waals surface area contributed by atoms with Gasteiger partial charge < -0.3 is 4.74 Å². The zero-order valence-corrected chi connectivity index (χ0v) is 12.3. The van der Waals surface area contributed by atoms with Gasteiger partial charge in [-0.2, -0.15) is 8.42 Å². The van der Waals surface area contributed by atoms with Gasteiger partial charge in [0, 0.05) is 0 Å². The molecule has 0 aromatic heterocycles. The lowest BCUT2D eigenvalue weighted by atomic mass is 10.1. The second kappa shape index (κ2) is 5.71. The molecule has 0 N–H and O–H groups in total. The van der Waals surface area contributed by atoms with E-state index in [4.69, 9.17) is 8.92 Å². The molecule has 1 aromatic carbocycles. The first kappa shape index (κ1) is 15.7. The van der Waals surface area contributed by atoms with E-state index in [1.54, 1.807) is 45.0 Å². The van der Waals surface area contributed by atoms with Crippen molar-refractivity contribution in [1.82, 2.24) is 0 Å². The van der Waals surface area contributed by atoms with E-state index in [0.717, 1.165) is 6.26 Å². The summed E-state index contributed by atoms with van der Waals surface area (Å²) >= 11 is 0. The van der Waals surface area contributed by atoms with Gasteiger partial charge in [0.05, 0.1) is 18.4 Å².